The van der Waals surface area contributed by atoms with Crippen molar-refractivity contribution in [3.8, 4) is 0 Å². The van der Waals surface area contributed by atoms with Crippen LogP contribution in [-0.2, 0) is 57.0 Å². The van der Waals surface area contributed by atoms with Crippen LogP contribution in [0.3, 0.4) is 0 Å². The van der Waals surface area contributed by atoms with E-state index in [-0.39, 0.29) is 149 Å². The van der Waals surface area contributed by atoms with Crippen LogP contribution < -0.4 is 34.8 Å². The van der Waals surface area contributed by atoms with Crippen molar-refractivity contribution in [2.24, 2.45) is 0 Å². The zero-order valence-electron chi connectivity index (χ0n) is 71.8. The molecule has 3 saturated heterocycles. The number of anilines is 3. The van der Waals surface area contributed by atoms with Crippen LogP contribution >= 0.6 is 95.8 Å². The van der Waals surface area contributed by atoms with E-state index in [0.717, 1.165) is 90.5 Å². The summed E-state index contributed by atoms with van der Waals surface area (Å²) in [5.41, 5.74) is -1.24. The number of aliphatic hydroxyl groups excluding tert-OH is 3. The fraction of sp³-hybridized carbons (Fsp3) is 0.277. The minimum atomic E-state index is -4.25. The number of aliphatic hydroxyl groups is 3. The number of aryl methyl sites for hydroxylation is 1. The molecule has 0 bridgehead atoms. The molecule has 1 saturated carbocycles. The van der Waals surface area contributed by atoms with Crippen molar-refractivity contribution in [2.75, 3.05) is 62.5 Å². The molecule has 4 aliphatic rings. The second-order valence-electron chi connectivity index (χ2n) is 28.1. The van der Waals surface area contributed by atoms with Gasteiger partial charge >= 0.3 is 46.1 Å². The number of carboxylic acids is 2. The first-order valence-corrected chi connectivity index (χ1v) is 51.2. The van der Waals surface area contributed by atoms with Gasteiger partial charge in [0.05, 0.1) is 61.7 Å². The Morgan fingerprint density at radius 2 is 0.674 bits per heavy atom. The standard InChI is InChI=1S/C20H19F3N2O6S.C18H16BrF3N2O4S.C13H6BrClF3NO3S.C7H4BrClO4S.C7H5BrO2.C7H5F3.C6H12O.C4H8O.CH4.B.ClHO3S.Li.H/c1-31-20(28)14-3-2-11(19(27)24-12-9-15(21)18(23)16(22)10-12)8-17(14)32(29,30)25-6-4-13(26)5-7-25;19-13-2-1-10(18(26)23-11-8-14(20)17(22)15(21)9-11)7-16(13)29(27,28)24-5-3-12(25)4-6-24;14-8-2-1-6(3-11(8)23(15,21)22)13(20)19-7-4-9(16)12(18)10(17)5-7;8-5-2-1-4(7(10)11)3-6(5)14(9,12)13;8-6-3-1-5(2-4-6)7(9)10;1-4-2-5(8)7(10)6(9)3-4;7-6-4-2-1-3-5-6;1-2-4-5-3-1;;;1-5(2,3)4;;/h2-3,8-10,13,26H,4-7H2,1H3,(H,24,27);1-2,7-9,12,25H,3-6H2,(H,23,26);1-5H,(H,19,20);1-3H,(H,10,11);1-4H,(H,9,10);2-3H,1H3;6-7H,1-5H2;1-4H2;1H4;;(H,2,3,4);;/q;;;;;;;;;;;+1;-1. The summed E-state index contributed by atoms with van der Waals surface area (Å²) >= 11 is 12.3. The van der Waals surface area contributed by atoms with Gasteiger partial charge < -0.3 is 52.4 Å². The number of aromatic carboxylic acids is 2. The number of ether oxygens (including phenoxy) is 2. The molecule has 0 unspecified atom stereocenters. The van der Waals surface area contributed by atoms with Crippen molar-refractivity contribution < 1.29 is 183 Å². The normalized spacial score (nSPS) is 13.9. The van der Waals surface area contributed by atoms with Crippen LogP contribution in [0.25, 0.3) is 0 Å². The Morgan fingerprint density at radius 3 is 0.964 bits per heavy atom. The number of methoxy groups -OCH3 is 1. The minimum Gasteiger partial charge on any atom is -1.00 e. The molecule has 3 aliphatic heterocycles. The van der Waals surface area contributed by atoms with Crippen molar-refractivity contribution in [1.82, 2.24) is 8.61 Å². The third kappa shape index (κ3) is 40.7. The molecule has 1 aliphatic carbocycles. The number of amides is 3. The summed E-state index contributed by atoms with van der Waals surface area (Å²) in [7, 11) is -4.97. The maximum atomic E-state index is 13.4. The predicted octanol–water partition coefficient (Wildman–Crippen LogP) is 15.7. The van der Waals surface area contributed by atoms with Crippen LogP contribution in [-0.4, -0.2) is 190 Å². The van der Waals surface area contributed by atoms with E-state index >= 15 is 0 Å². The second kappa shape index (κ2) is 57.8. The van der Waals surface area contributed by atoms with E-state index < -0.39 is 176 Å². The third-order valence-corrected chi connectivity index (χ3v) is 28.2. The monoisotopic (exact) mass is 2360 g/mol. The first-order valence-electron chi connectivity index (χ1n) is 38.3. The Balaban J connectivity index is 0.000000830. The molecule has 0 atom stereocenters. The van der Waals surface area contributed by atoms with E-state index in [0.29, 0.717) is 60.4 Å². The number of piperidine rings is 2. The molecule has 55 heteroatoms. The molecule has 4 fully saturated rings. The van der Waals surface area contributed by atoms with Crippen LogP contribution in [0.1, 0.15) is 147 Å². The van der Waals surface area contributed by atoms with Gasteiger partial charge in [0.2, 0.25) is 20.0 Å². The number of rotatable bonds is 15. The van der Waals surface area contributed by atoms with E-state index in [9.17, 15) is 125 Å². The van der Waals surface area contributed by atoms with Gasteiger partial charge in [0.15, 0.2) is 69.8 Å². The molecule has 0 spiro atoms. The Kier molecular flexibility index (Phi) is 52.8. The fourth-order valence-electron chi connectivity index (χ4n) is 11.5. The molecule has 138 heavy (non-hydrogen) atoms. The van der Waals surface area contributed by atoms with Gasteiger partial charge in [-0.2, -0.15) is 17.0 Å². The van der Waals surface area contributed by atoms with Gasteiger partial charge in [0.25, 0.3) is 35.8 Å². The molecule has 3 radical (unpaired) electrons. The van der Waals surface area contributed by atoms with Crippen molar-refractivity contribution in [1.29, 1.82) is 0 Å². The number of nitrogens with zero attached hydrogens (tertiary/aromatic N) is 2. The molecule has 749 valence electrons. The van der Waals surface area contributed by atoms with Gasteiger partial charge in [-0.05, 0) is 221 Å². The molecule has 0 aromatic heterocycles. The van der Waals surface area contributed by atoms with Crippen molar-refractivity contribution in [3.05, 3.63) is 272 Å². The summed E-state index contributed by atoms with van der Waals surface area (Å²) in [4.78, 5) is 68.7. The maximum absolute atomic E-state index is 13.4. The van der Waals surface area contributed by atoms with E-state index in [1.54, 1.807) is 24.3 Å². The predicted molar refractivity (Wildman–Crippen MR) is 496 cm³/mol. The first-order chi connectivity index (χ1) is 62.7. The SMILES string of the molecule is C.C1CCOC1.COC(=O)c1ccc(C(=O)Nc2cc(F)c(F)c(F)c2)cc1S(=O)(=O)N1CCC(O)CC1.Cc1cc(F)c(F)c(F)c1.O=C(Nc1cc(F)c(F)c(F)c1)c1ccc(Br)c(S(=O)(=O)Cl)c1.O=C(Nc1cc(F)c(F)c(F)c1)c1ccc(Br)c(S(=O)(=O)N2CCC(O)CC2)c1.O=C(O)c1ccc(Br)c(S(=O)(=O)Cl)c1.O=C(O)c1ccc(Br)cc1.O=S(=O)(O)Cl.OC1CCCCC1.[B].[H-].[Li+]. The van der Waals surface area contributed by atoms with Gasteiger partial charge in [-0.15, -0.1) is 0 Å². The molecular formula is C83H81BBr4Cl3F12LiN5O24S5. The number of halogens is 19. The van der Waals surface area contributed by atoms with Crippen LogP contribution in [0.2, 0.25) is 0 Å². The van der Waals surface area contributed by atoms with Crippen LogP contribution in [0.5, 0.6) is 0 Å². The summed E-state index contributed by atoms with van der Waals surface area (Å²) in [6, 6.07) is 26.0. The summed E-state index contributed by atoms with van der Waals surface area (Å²) in [6.07, 6.45) is 8.29. The number of hydrogen-bond donors (Lipinski definition) is 9. The zero-order valence-corrected chi connectivity index (χ0v) is 83.5. The van der Waals surface area contributed by atoms with E-state index in [1.807, 2.05) is 0 Å². The number of carbonyl (C=O) groups is 6. The largest absolute Gasteiger partial charge is 1.00 e. The molecular weight excluding hydrogens is 2280 g/mol. The van der Waals surface area contributed by atoms with E-state index in [4.69, 9.17) is 54.4 Å². The van der Waals surface area contributed by atoms with Crippen LogP contribution in [0.4, 0.5) is 69.7 Å². The summed E-state index contributed by atoms with van der Waals surface area (Å²) in [5, 5.41) is 51.7. The van der Waals surface area contributed by atoms with Gasteiger partial charge in [-0.3, -0.25) is 18.9 Å². The number of carboxylic acid groups (broad SMARTS) is 2. The van der Waals surface area contributed by atoms with Gasteiger partial charge in [-0.1, -0.05) is 42.6 Å². The molecule has 9 N–H and O–H groups in total. The number of benzene rings is 9. The maximum Gasteiger partial charge on any atom is 1.00 e. The average molecular weight is 2360 g/mol. The summed E-state index contributed by atoms with van der Waals surface area (Å²) in [6.45, 7) is 3.79. The number of carbonyl (C=O) groups excluding carboxylic acids is 4. The average Bonchev–Trinajstić information content (AvgIpc) is 1.31. The molecule has 3 amide bonds. The van der Waals surface area contributed by atoms with Crippen LogP contribution in [0, 0.1) is 76.7 Å². The van der Waals surface area contributed by atoms with Crippen molar-refractivity contribution >= 4 is 204 Å². The number of esters is 1. The topological polar surface area (TPSA) is 456 Å². The Bertz CT molecular complexity index is 6310. The smallest absolute Gasteiger partial charge is 1.00 e. The van der Waals surface area contributed by atoms with Gasteiger partial charge in [-0.25, -0.2) is 101 Å². The van der Waals surface area contributed by atoms with Gasteiger partial charge in [0.1, 0.15) is 0 Å². The second-order valence-corrected chi connectivity index (χ2v) is 42.4. The molecule has 3 heterocycles. The first kappa shape index (κ1) is 126. The molecule has 29 nitrogen and oxygen atoms in total. The van der Waals surface area contributed by atoms with Gasteiger partial charge in [0, 0.05) is 168 Å². The van der Waals surface area contributed by atoms with Crippen molar-refractivity contribution in [3.63, 3.8) is 0 Å². The van der Waals surface area contributed by atoms with E-state index in [1.165, 1.54) is 79.7 Å². The quantitative estimate of drug-likeness (QED) is 0.0115. The third-order valence-electron chi connectivity index (χ3n) is 18.2. The Labute approximate surface area is 846 Å². The number of hydrogen-bond acceptors (Lipinski definition) is 21. The zero-order chi connectivity index (χ0) is 102. The van der Waals surface area contributed by atoms with E-state index in [2.05, 4.69) is 95.1 Å². The Hall–Kier alpha value is -8.12. The molecule has 9 aromatic carbocycles. The Morgan fingerprint density at radius 1 is 0.406 bits per heavy atom. The number of sulfonamides is 2. The summed E-state index contributed by atoms with van der Waals surface area (Å²) < 4.78 is 291. The fourth-order valence-corrected chi connectivity index (χ4v) is 20.0. The summed E-state index contributed by atoms with van der Waals surface area (Å²) in [5.74, 6) is -23.3. The minimum absolute atomic E-state index is 0. The van der Waals surface area contributed by atoms with Crippen LogP contribution in [0.15, 0.2) is 183 Å². The van der Waals surface area contributed by atoms with Crippen molar-refractivity contribution in [2.45, 2.75) is 123 Å². The molecule has 13 rings (SSSR count). The number of nitrogens with one attached hydrogen (secondary N) is 3. The molecule has 9 aromatic rings.